The molecule has 1 aliphatic rings. The molecule has 2 aromatic heterocycles. The number of hydrogen-bond donors (Lipinski definition) is 1. The Kier molecular flexibility index (Phi) is 7.21. The number of hydrogen-bond acceptors (Lipinski definition) is 7. The minimum absolute atomic E-state index is 0.208. The summed E-state index contributed by atoms with van der Waals surface area (Å²) in [6.45, 7) is 3.18. The number of nitrogens with zero attached hydrogens (tertiary/aromatic N) is 3. The van der Waals surface area contributed by atoms with Crippen LogP contribution in [0.15, 0.2) is 42.5 Å². The molecule has 0 bridgehead atoms. The van der Waals surface area contributed by atoms with Crippen LogP contribution < -0.4 is 15.2 Å². The van der Waals surface area contributed by atoms with E-state index in [0.29, 0.717) is 47.1 Å². The zero-order chi connectivity index (χ0) is 24.9. The lowest BCUT2D eigenvalue weighted by Gasteiger charge is -2.09. The number of nitrogens with two attached hydrogens (primary N) is 1. The number of para-hydroxylation sites is 2. The molecular weight excluding hydrogens is 456 g/mol. The van der Waals surface area contributed by atoms with Crippen LogP contribution in [0, 0.1) is 0 Å². The van der Waals surface area contributed by atoms with Crippen LogP contribution in [0.3, 0.4) is 0 Å². The van der Waals surface area contributed by atoms with E-state index in [1.807, 2.05) is 47.0 Å². The molecule has 5 rings (SSSR count). The minimum atomic E-state index is -0.461. The number of ether oxygens (including phenoxy) is 3. The van der Waals surface area contributed by atoms with Crippen LogP contribution >= 0.6 is 0 Å². The van der Waals surface area contributed by atoms with Gasteiger partial charge in [0.2, 0.25) is 6.79 Å². The molecule has 4 aromatic rings. The Morgan fingerprint density at radius 2 is 1.69 bits per heavy atom. The summed E-state index contributed by atoms with van der Waals surface area (Å²) in [6.07, 6.45) is 8.05. The highest BCUT2D eigenvalue weighted by Crippen LogP contribution is 2.34. The van der Waals surface area contributed by atoms with Gasteiger partial charge in [-0.15, -0.1) is 0 Å². The van der Waals surface area contributed by atoms with E-state index in [0.717, 1.165) is 30.3 Å². The van der Waals surface area contributed by atoms with Crippen molar-refractivity contribution in [1.29, 1.82) is 0 Å². The Morgan fingerprint density at radius 3 is 2.50 bits per heavy atom. The molecule has 0 saturated heterocycles. The third-order valence-electron chi connectivity index (χ3n) is 6.55. The number of benzene rings is 2. The number of esters is 1. The fourth-order valence-electron chi connectivity index (χ4n) is 4.60. The molecule has 0 unspecified atom stereocenters. The van der Waals surface area contributed by atoms with Crippen LogP contribution in [-0.2, 0) is 11.3 Å². The number of anilines is 1. The largest absolute Gasteiger partial charge is 0.462 e. The Balaban J connectivity index is 1.40. The van der Waals surface area contributed by atoms with Crippen LogP contribution in [0.5, 0.6) is 11.5 Å². The van der Waals surface area contributed by atoms with E-state index in [1.165, 1.54) is 25.7 Å². The molecule has 2 aromatic carbocycles. The maximum atomic E-state index is 13.2. The lowest BCUT2D eigenvalue weighted by atomic mass is 10.1. The highest BCUT2D eigenvalue weighted by atomic mass is 16.7. The fraction of sp³-hybridized carbons (Fsp3) is 0.393. The summed E-state index contributed by atoms with van der Waals surface area (Å²) in [5.74, 6) is 1.23. The summed E-state index contributed by atoms with van der Waals surface area (Å²) < 4.78 is 18.4. The second kappa shape index (κ2) is 10.8. The van der Waals surface area contributed by atoms with E-state index in [9.17, 15) is 4.79 Å². The number of rotatable bonds is 11. The molecule has 0 atom stereocenters. The number of aromatic nitrogens is 3. The van der Waals surface area contributed by atoms with E-state index in [2.05, 4.69) is 6.92 Å². The van der Waals surface area contributed by atoms with Gasteiger partial charge in [0, 0.05) is 0 Å². The maximum absolute atomic E-state index is 13.2. The van der Waals surface area contributed by atoms with Gasteiger partial charge in [-0.3, -0.25) is 0 Å². The third-order valence-corrected chi connectivity index (χ3v) is 6.55. The van der Waals surface area contributed by atoms with E-state index in [-0.39, 0.29) is 12.4 Å². The average Bonchev–Trinajstić information content (AvgIpc) is 3.46. The monoisotopic (exact) mass is 488 g/mol. The molecule has 8 nitrogen and oxygen atoms in total. The molecule has 0 radical (unpaired) electrons. The van der Waals surface area contributed by atoms with Crippen LogP contribution in [0.2, 0.25) is 0 Å². The molecule has 3 heterocycles. The van der Waals surface area contributed by atoms with Crippen molar-refractivity contribution in [1.82, 2.24) is 14.5 Å². The van der Waals surface area contributed by atoms with Crippen molar-refractivity contribution < 1.29 is 19.0 Å². The number of fused-ring (bicyclic) bond motifs is 3. The van der Waals surface area contributed by atoms with Crippen LogP contribution in [0.4, 0.5) is 5.82 Å². The van der Waals surface area contributed by atoms with Crippen molar-refractivity contribution in [2.24, 2.45) is 0 Å². The van der Waals surface area contributed by atoms with Crippen LogP contribution in [-0.4, -0.2) is 33.9 Å². The van der Waals surface area contributed by atoms with Crippen LogP contribution in [0.25, 0.3) is 22.2 Å². The molecule has 1 aliphatic heterocycles. The van der Waals surface area contributed by atoms with E-state index < -0.39 is 5.97 Å². The van der Waals surface area contributed by atoms with Gasteiger partial charge in [-0.25, -0.2) is 14.8 Å². The fourth-order valence-corrected chi connectivity index (χ4v) is 4.60. The summed E-state index contributed by atoms with van der Waals surface area (Å²) in [5.41, 5.74) is 10.2. The molecule has 0 saturated carbocycles. The topological polar surface area (TPSA) is 101 Å². The molecular formula is C28H32N4O4. The Bertz CT molecular complexity index is 1380. The van der Waals surface area contributed by atoms with E-state index in [4.69, 9.17) is 29.9 Å². The summed E-state index contributed by atoms with van der Waals surface area (Å²) in [6, 6.07) is 13.3. The third kappa shape index (κ3) is 4.94. The van der Waals surface area contributed by atoms with Crippen molar-refractivity contribution in [2.75, 3.05) is 19.1 Å². The average molecular weight is 489 g/mol. The molecule has 2 N–H and O–H groups in total. The first kappa shape index (κ1) is 23.9. The zero-order valence-corrected chi connectivity index (χ0v) is 20.7. The normalized spacial score (nSPS) is 12.5. The second-order valence-electron chi connectivity index (χ2n) is 9.18. The Labute approximate surface area is 210 Å². The molecule has 0 amide bonds. The van der Waals surface area contributed by atoms with Gasteiger partial charge in [0.15, 0.2) is 17.1 Å². The molecule has 0 spiro atoms. The highest BCUT2D eigenvalue weighted by molar-refractivity contribution is 6.08. The van der Waals surface area contributed by atoms with Crippen molar-refractivity contribution in [2.45, 2.75) is 58.4 Å². The zero-order valence-electron chi connectivity index (χ0n) is 20.7. The Morgan fingerprint density at radius 1 is 0.972 bits per heavy atom. The smallest absolute Gasteiger partial charge is 0.344 e. The van der Waals surface area contributed by atoms with Crippen molar-refractivity contribution in [3.05, 3.63) is 53.6 Å². The van der Waals surface area contributed by atoms with E-state index in [1.54, 1.807) is 0 Å². The van der Waals surface area contributed by atoms with Gasteiger partial charge in [0.25, 0.3) is 0 Å². The van der Waals surface area contributed by atoms with Gasteiger partial charge in [0.1, 0.15) is 16.9 Å². The van der Waals surface area contributed by atoms with Gasteiger partial charge in [-0.2, -0.15) is 0 Å². The van der Waals surface area contributed by atoms with Crippen molar-refractivity contribution in [3.8, 4) is 11.5 Å². The number of nitrogen functional groups attached to an aromatic ring is 1. The first-order chi connectivity index (χ1) is 17.7. The standard InChI is InChI=1S/C28H32N4O4/c1-2-3-4-5-6-7-10-15-34-28(33)24-25-27(31-21-12-9-8-11-20(21)30-25)32(26(24)29)17-19-13-14-22-23(16-19)36-18-35-22/h8-9,11-14,16H,2-7,10,15,17-18,29H2,1H3. The highest BCUT2D eigenvalue weighted by Gasteiger charge is 2.25. The molecule has 0 aliphatic carbocycles. The van der Waals surface area contributed by atoms with E-state index >= 15 is 0 Å². The maximum Gasteiger partial charge on any atom is 0.344 e. The molecule has 8 heteroatoms. The summed E-state index contributed by atoms with van der Waals surface area (Å²) in [5, 5.41) is 0. The van der Waals surface area contributed by atoms with Gasteiger partial charge in [-0.1, -0.05) is 63.6 Å². The first-order valence-electron chi connectivity index (χ1n) is 12.8. The van der Waals surface area contributed by atoms with Crippen molar-refractivity contribution in [3.63, 3.8) is 0 Å². The molecule has 36 heavy (non-hydrogen) atoms. The second-order valence-corrected chi connectivity index (χ2v) is 9.18. The molecule has 188 valence electrons. The summed E-state index contributed by atoms with van der Waals surface area (Å²) in [7, 11) is 0. The first-order valence-corrected chi connectivity index (χ1v) is 12.8. The number of carbonyl (C=O) groups is 1. The predicted molar refractivity (Wildman–Crippen MR) is 139 cm³/mol. The quantitative estimate of drug-likeness (QED) is 0.209. The lowest BCUT2D eigenvalue weighted by molar-refractivity contribution is 0.0501. The summed E-state index contributed by atoms with van der Waals surface area (Å²) >= 11 is 0. The summed E-state index contributed by atoms with van der Waals surface area (Å²) in [4.78, 5) is 22.8. The lowest BCUT2D eigenvalue weighted by Crippen LogP contribution is -2.11. The molecule has 0 fully saturated rings. The predicted octanol–water partition coefficient (Wildman–Crippen LogP) is 5.85. The number of unbranched alkanes of at least 4 members (excludes halogenated alkanes) is 6. The van der Waals surface area contributed by atoms with Gasteiger partial charge in [-0.05, 0) is 36.2 Å². The van der Waals surface area contributed by atoms with Gasteiger partial charge in [0.05, 0.1) is 24.2 Å². The number of carbonyl (C=O) groups excluding carboxylic acids is 1. The van der Waals surface area contributed by atoms with Gasteiger partial charge >= 0.3 is 5.97 Å². The SMILES string of the molecule is CCCCCCCCCOC(=O)c1c(N)n(Cc2ccc3c(c2)OCO3)c2nc3ccccc3nc12. The van der Waals surface area contributed by atoms with Crippen LogP contribution in [0.1, 0.15) is 67.8 Å². The van der Waals surface area contributed by atoms with Crippen molar-refractivity contribution >= 4 is 34.0 Å². The van der Waals surface area contributed by atoms with Gasteiger partial charge < -0.3 is 24.5 Å². The Hall–Kier alpha value is -3.81. The minimum Gasteiger partial charge on any atom is -0.462 e.